The summed E-state index contributed by atoms with van der Waals surface area (Å²) in [4.78, 5) is 4.81. The van der Waals surface area contributed by atoms with Gasteiger partial charge in [-0.05, 0) is 52.9 Å². The second kappa shape index (κ2) is 9.07. The van der Waals surface area contributed by atoms with Crippen molar-refractivity contribution in [3.8, 4) is 39.5 Å². The molecule has 0 saturated heterocycles. The van der Waals surface area contributed by atoms with Crippen LogP contribution in [0.15, 0.2) is 101 Å². The molecule has 4 nitrogen and oxygen atoms in total. The number of hydrogen-bond donors (Lipinski definition) is 0. The molecule has 0 aliphatic carbocycles. The zero-order valence-electron chi connectivity index (χ0n) is 18.9. The van der Waals surface area contributed by atoms with Crippen molar-refractivity contribution in [3.63, 3.8) is 0 Å². The summed E-state index contributed by atoms with van der Waals surface area (Å²) >= 11 is 1.48. The van der Waals surface area contributed by atoms with E-state index in [2.05, 4.69) is 4.98 Å². The van der Waals surface area contributed by atoms with Gasteiger partial charge in [0.15, 0.2) is 9.84 Å². The molecule has 0 unspecified atom stereocenters. The SMILES string of the molecule is CS(=O)(=O)c1cccc(-c2ccc(-n3cc(-c4ccsc4)nc3-c3ccccc3C(F)(F)F)cc2)c1. The van der Waals surface area contributed by atoms with Crippen LogP contribution in [0.3, 0.4) is 0 Å². The van der Waals surface area contributed by atoms with E-state index in [-0.39, 0.29) is 16.3 Å². The maximum Gasteiger partial charge on any atom is 0.417 e. The van der Waals surface area contributed by atoms with E-state index in [1.54, 1.807) is 59.3 Å². The highest BCUT2D eigenvalue weighted by Crippen LogP contribution is 2.38. The van der Waals surface area contributed by atoms with Crippen LogP contribution in [0.1, 0.15) is 5.56 Å². The molecule has 5 rings (SSSR count). The Morgan fingerprint density at radius 1 is 0.861 bits per heavy atom. The maximum atomic E-state index is 13.8. The number of rotatable bonds is 5. The van der Waals surface area contributed by atoms with Gasteiger partial charge >= 0.3 is 6.18 Å². The highest BCUT2D eigenvalue weighted by atomic mass is 32.2. The fourth-order valence-electron chi connectivity index (χ4n) is 3.96. The van der Waals surface area contributed by atoms with E-state index in [0.29, 0.717) is 11.4 Å². The van der Waals surface area contributed by atoms with Crippen molar-refractivity contribution in [1.82, 2.24) is 9.55 Å². The topological polar surface area (TPSA) is 52.0 Å². The van der Waals surface area contributed by atoms with Crippen LogP contribution in [-0.4, -0.2) is 24.2 Å². The average Bonchev–Trinajstić information content (AvgIpc) is 3.54. The molecule has 0 radical (unpaired) electrons. The summed E-state index contributed by atoms with van der Waals surface area (Å²) in [6.07, 6.45) is -1.66. The first-order chi connectivity index (χ1) is 17.1. The maximum absolute atomic E-state index is 13.8. The summed E-state index contributed by atoms with van der Waals surface area (Å²) in [6, 6.07) is 21.1. The predicted molar refractivity (Wildman–Crippen MR) is 136 cm³/mol. The summed E-state index contributed by atoms with van der Waals surface area (Å²) < 4.78 is 67.0. The average molecular weight is 525 g/mol. The Hall–Kier alpha value is -3.69. The van der Waals surface area contributed by atoms with E-state index in [9.17, 15) is 21.6 Å². The number of hydrogen-bond acceptors (Lipinski definition) is 4. The summed E-state index contributed by atoms with van der Waals surface area (Å²) in [7, 11) is -3.36. The lowest BCUT2D eigenvalue weighted by atomic mass is 10.0. The molecule has 0 bridgehead atoms. The first-order valence-corrected chi connectivity index (χ1v) is 13.6. The number of thiophene rings is 1. The van der Waals surface area contributed by atoms with Gasteiger partial charge in [0.1, 0.15) is 5.82 Å². The lowest BCUT2D eigenvalue weighted by molar-refractivity contribution is -0.137. The lowest BCUT2D eigenvalue weighted by Crippen LogP contribution is -2.08. The van der Waals surface area contributed by atoms with Crippen LogP contribution >= 0.6 is 11.3 Å². The van der Waals surface area contributed by atoms with Crippen molar-refractivity contribution >= 4 is 21.2 Å². The van der Waals surface area contributed by atoms with E-state index in [1.165, 1.54) is 29.5 Å². The van der Waals surface area contributed by atoms with E-state index in [4.69, 9.17) is 0 Å². The van der Waals surface area contributed by atoms with Crippen LogP contribution in [0.4, 0.5) is 13.2 Å². The van der Waals surface area contributed by atoms with Crippen molar-refractivity contribution in [2.45, 2.75) is 11.1 Å². The number of sulfone groups is 1. The molecule has 0 fully saturated rings. The van der Waals surface area contributed by atoms with Gasteiger partial charge < -0.3 is 0 Å². The second-order valence-electron chi connectivity index (χ2n) is 8.22. The third-order valence-corrected chi connectivity index (χ3v) is 7.53. The molecule has 9 heteroatoms. The third-order valence-electron chi connectivity index (χ3n) is 5.74. The standard InChI is InChI=1S/C27H19F3N2O2S2/c1-36(33,34)22-6-4-5-19(15-22)18-9-11-21(12-10-18)32-16-25(20-13-14-35-17-20)31-26(32)23-7-2-3-8-24(23)27(28,29)30/h2-17H,1H3. The monoisotopic (exact) mass is 524 g/mol. The first kappa shape index (κ1) is 24.0. The first-order valence-electron chi connectivity index (χ1n) is 10.8. The van der Waals surface area contributed by atoms with Crippen LogP contribution in [-0.2, 0) is 16.0 Å². The molecule has 5 aromatic rings. The minimum Gasteiger partial charge on any atom is -0.299 e. The summed E-state index contributed by atoms with van der Waals surface area (Å²) in [5.74, 6) is 0.177. The summed E-state index contributed by atoms with van der Waals surface area (Å²) in [5.41, 5.74) is 2.72. The zero-order valence-corrected chi connectivity index (χ0v) is 20.5. The van der Waals surface area contributed by atoms with Crippen molar-refractivity contribution in [3.05, 3.63) is 101 Å². The number of alkyl halides is 3. The van der Waals surface area contributed by atoms with Crippen molar-refractivity contribution in [1.29, 1.82) is 0 Å². The molecule has 2 heterocycles. The largest absolute Gasteiger partial charge is 0.417 e. The molecule has 182 valence electrons. The molecule has 36 heavy (non-hydrogen) atoms. The van der Waals surface area contributed by atoms with Gasteiger partial charge in [-0.2, -0.15) is 24.5 Å². The Balaban J connectivity index is 1.63. The van der Waals surface area contributed by atoms with Crippen LogP contribution in [0, 0.1) is 0 Å². The quantitative estimate of drug-likeness (QED) is 0.241. The van der Waals surface area contributed by atoms with Crippen molar-refractivity contribution in [2.24, 2.45) is 0 Å². The van der Waals surface area contributed by atoms with Gasteiger partial charge in [-0.15, -0.1) is 0 Å². The number of aromatic nitrogens is 2. The normalized spacial score (nSPS) is 12.1. The third kappa shape index (κ3) is 4.72. The van der Waals surface area contributed by atoms with Crippen LogP contribution in [0.2, 0.25) is 0 Å². The molecule has 0 N–H and O–H groups in total. The van der Waals surface area contributed by atoms with Gasteiger partial charge in [0.2, 0.25) is 0 Å². The van der Waals surface area contributed by atoms with Gasteiger partial charge in [0.25, 0.3) is 0 Å². The Bertz CT molecular complexity index is 1640. The summed E-state index contributed by atoms with van der Waals surface area (Å²) in [6.45, 7) is 0. The van der Waals surface area contributed by atoms with E-state index >= 15 is 0 Å². The molecular weight excluding hydrogens is 505 g/mol. The minimum atomic E-state index is -4.54. The highest BCUT2D eigenvalue weighted by Gasteiger charge is 2.34. The van der Waals surface area contributed by atoms with Crippen LogP contribution in [0.25, 0.3) is 39.5 Å². The second-order valence-corrected chi connectivity index (χ2v) is 11.0. The van der Waals surface area contributed by atoms with Gasteiger partial charge in [0, 0.05) is 34.6 Å². The Kier molecular flexibility index (Phi) is 6.05. The van der Waals surface area contributed by atoms with E-state index in [1.807, 2.05) is 16.8 Å². The number of imidazole rings is 1. The van der Waals surface area contributed by atoms with Crippen LogP contribution < -0.4 is 0 Å². The molecule has 0 aliphatic heterocycles. The number of benzene rings is 3. The van der Waals surface area contributed by atoms with Gasteiger partial charge in [-0.25, -0.2) is 13.4 Å². The zero-order chi connectivity index (χ0) is 25.5. The van der Waals surface area contributed by atoms with Gasteiger partial charge in [-0.1, -0.05) is 42.5 Å². The molecule has 0 saturated carbocycles. The number of nitrogens with zero attached hydrogens (tertiary/aromatic N) is 2. The Labute approximate surface area is 210 Å². The molecular formula is C27H19F3N2O2S2. The molecule has 0 amide bonds. The molecule has 3 aromatic carbocycles. The van der Waals surface area contributed by atoms with Crippen molar-refractivity contribution in [2.75, 3.05) is 6.26 Å². The Morgan fingerprint density at radius 2 is 1.61 bits per heavy atom. The highest BCUT2D eigenvalue weighted by molar-refractivity contribution is 7.90. The predicted octanol–water partition coefficient (Wildman–Crippen LogP) is 7.36. The minimum absolute atomic E-state index is 0.0172. The Morgan fingerprint density at radius 3 is 2.28 bits per heavy atom. The molecule has 2 aromatic heterocycles. The van der Waals surface area contributed by atoms with E-state index < -0.39 is 21.6 Å². The van der Waals surface area contributed by atoms with Gasteiger partial charge in [-0.3, -0.25) is 4.57 Å². The van der Waals surface area contributed by atoms with Crippen molar-refractivity contribution < 1.29 is 21.6 Å². The summed E-state index contributed by atoms with van der Waals surface area (Å²) in [5, 5.41) is 3.78. The smallest absolute Gasteiger partial charge is 0.299 e. The van der Waals surface area contributed by atoms with E-state index in [0.717, 1.165) is 29.0 Å². The fourth-order valence-corrected chi connectivity index (χ4v) is 5.28. The fraction of sp³-hybridized carbons (Fsp3) is 0.0741. The number of halogens is 3. The molecule has 0 aliphatic rings. The van der Waals surface area contributed by atoms with Crippen LogP contribution in [0.5, 0.6) is 0 Å². The molecule has 0 spiro atoms. The van der Waals surface area contributed by atoms with Gasteiger partial charge in [0.05, 0.1) is 16.2 Å². The molecule has 0 atom stereocenters. The lowest BCUT2D eigenvalue weighted by Gasteiger charge is -2.14.